The average Bonchev–Trinajstić information content (AvgIpc) is 1.81. The number of hydrogen-bond acceptors (Lipinski definition) is 3. The van der Waals surface area contributed by atoms with Gasteiger partial charge in [-0.3, -0.25) is 9.36 Å². The van der Waals surface area contributed by atoms with Crippen molar-refractivity contribution in [3.05, 3.63) is 11.9 Å². The molecule has 0 heterocycles. The molecule has 0 bridgehead atoms. The third-order valence-electron chi connectivity index (χ3n) is 1.00. The Balaban J connectivity index is 4.34. The van der Waals surface area contributed by atoms with E-state index >= 15 is 0 Å². The summed E-state index contributed by atoms with van der Waals surface area (Å²) in [6.07, 6.45) is -0.685. The third-order valence-corrected chi connectivity index (χ3v) is 1.72. The van der Waals surface area contributed by atoms with Crippen molar-refractivity contribution in [2.24, 2.45) is 5.73 Å². The van der Waals surface area contributed by atoms with E-state index in [0.29, 0.717) is 6.08 Å². The predicted octanol–water partition coefficient (Wildman–Crippen LogP) is -0.571. The predicted molar refractivity (Wildman–Crippen MR) is 41.7 cm³/mol. The molecule has 0 saturated heterocycles. The number of carboxylic acids is 1. The number of carboxylic acid groups (broad SMARTS) is 1. The first kappa shape index (κ1) is 12.2. The Kier molecular flexibility index (Phi) is 4.22. The molecule has 76 valence electrons. The number of nitrogens with two attached hydrogens (primary N) is 1. The molecule has 0 amide bonds. The number of aliphatic carboxylic acids is 1. The Bertz CT molecular complexity index is 272. The first-order chi connectivity index (χ1) is 5.72. The van der Waals surface area contributed by atoms with Gasteiger partial charge in [-0.05, 0) is 6.08 Å². The number of carbonyl (C=O) groups is 1. The van der Waals surface area contributed by atoms with Crippen LogP contribution in [-0.2, 0) is 9.36 Å². The normalized spacial score (nSPS) is 15.5. The zero-order valence-electron chi connectivity index (χ0n) is 6.42. The summed E-state index contributed by atoms with van der Waals surface area (Å²) in [6.45, 7) is 0. The largest absolute Gasteiger partial charge is 0.480 e. The molecule has 6 nitrogen and oxygen atoms in total. The number of halogens is 1. The van der Waals surface area contributed by atoms with Gasteiger partial charge in [-0.2, -0.15) is 0 Å². The molecule has 5 N–H and O–H groups in total. The van der Waals surface area contributed by atoms with Crippen LogP contribution in [0.2, 0.25) is 0 Å². The fraction of sp³-hybridized carbons (Fsp3) is 0.400. The van der Waals surface area contributed by atoms with Crippen LogP contribution >= 0.6 is 7.60 Å². The van der Waals surface area contributed by atoms with Gasteiger partial charge in [0.15, 0.2) is 0 Å². The third kappa shape index (κ3) is 6.41. The van der Waals surface area contributed by atoms with Gasteiger partial charge >= 0.3 is 13.6 Å². The minimum atomic E-state index is -4.50. The second-order valence-corrected chi connectivity index (χ2v) is 3.95. The van der Waals surface area contributed by atoms with Gasteiger partial charge in [0.1, 0.15) is 18.0 Å². The van der Waals surface area contributed by atoms with Crippen molar-refractivity contribution in [1.82, 2.24) is 0 Å². The van der Waals surface area contributed by atoms with E-state index in [0.717, 1.165) is 0 Å². The maximum Gasteiger partial charge on any atom is 0.332 e. The molecule has 0 spiro atoms. The highest BCUT2D eigenvalue weighted by atomic mass is 31.2. The number of allylic oxidation sites excluding steroid dienone is 1. The van der Waals surface area contributed by atoms with Gasteiger partial charge in [0.2, 0.25) is 0 Å². The summed E-state index contributed by atoms with van der Waals surface area (Å²) in [5.41, 5.74) is 4.87. The van der Waals surface area contributed by atoms with Crippen molar-refractivity contribution in [3.8, 4) is 0 Å². The first-order valence-corrected chi connectivity index (χ1v) is 4.91. The van der Waals surface area contributed by atoms with Crippen LogP contribution in [0.4, 0.5) is 4.39 Å². The molecule has 0 rings (SSSR count). The fourth-order valence-corrected chi connectivity index (χ4v) is 1.01. The Hall–Kier alpha value is -0.750. The van der Waals surface area contributed by atoms with Crippen LogP contribution in [0.25, 0.3) is 0 Å². The summed E-state index contributed by atoms with van der Waals surface area (Å²) in [5, 5.41) is 8.20. The molecule has 13 heavy (non-hydrogen) atoms. The van der Waals surface area contributed by atoms with E-state index in [1.165, 1.54) is 0 Å². The van der Waals surface area contributed by atoms with Gasteiger partial charge in [0.25, 0.3) is 0 Å². The van der Waals surface area contributed by atoms with Crippen LogP contribution < -0.4 is 5.73 Å². The van der Waals surface area contributed by atoms with Crippen molar-refractivity contribution in [1.29, 1.82) is 0 Å². The summed E-state index contributed by atoms with van der Waals surface area (Å²) in [6, 6.07) is -1.59. The lowest BCUT2D eigenvalue weighted by Gasteiger charge is -2.02. The Morgan fingerprint density at radius 3 is 2.38 bits per heavy atom. The van der Waals surface area contributed by atoms with E-state index in [1.807, 2.05) is 0 Å². The molecule has 0 aliphatic heterocycles. The van der Waals surface area contributed by atoms with Crippen LogP contribution in [0.15, 0.2) is 11.9 Å². The molecule has 0 aliphatic carbocycles. The minimum absolute atomic E-state index is 0.446. The number of hydrogen-bond donors (Lipinski definition) is 4. The zero-order chi connectivity index (χ0) is 10.6. The van der Waals surface area contributed by atoms with Gasteiger partial charge in [0, 0.05) is 0 Å². The maximum absolute atomic E-state index is 12.5. The molecule has 0 aromatic rings. The molecule has 0 aromatic carbocycles. The highest BCUT2D eigenvalue weighted by Gasteiger charge is 2.18. The average molecular weight is 213 g/mol. The Labute approximate surface area is 73.0 Å². The second-order valence-electron chi connectivity index (χ2n) is 2.30. The Morgan fingerprint density at radius 2 is 2.08 bits per heavy atom. The molecule has 0 saturated carbocycles. The summed E-state index contributed by atoms with van der Waals surface area (Å²) in [5.74, 6) is -2.70. The lowest BCUT2D eigenvalue weighted by Crippen LogP contribution is -2.28. The molecular weight excluding hydrogens is 204 g/mol. The lowest BCUT2D eigenvalue weighted by molar-refractivity contribution is -0.137. The van der Waals surface area contributed by atoms with E-state index in [9.17, 15) is 13.8 Å². The fourth-order valence-electron chi connectivity index (χ4n) is 0.516. The van der Waals surface area contributed by atoms with E-state index in [2.05, 4.69) is 0 Å². The molecule has 0 unspecified atom stereocenters. The van der Waals surface area contributed by atoms with Gasteiger partial charge in [0.05, 0.1) is 0 Å². The van der Waals surface area contributed by atoms with Crippen molar-refractivity contribution in [3.63, 3.8) is 0 Å². The van der Waals surface area contributed by atoms with Gasteiger partial charge in [-0.15, -0.1) is 0 Å². The second kappa shape index (κ2) is 4.48. The van der Waals surface area contributed by atoms with Gasteiger partial charge in [-0.25, -0.2) is 4.39 Å². The van der Waals surface area contributed by atoms with Crippen LogP contribution in [0.1, 0.15) is 0 Å². The SMILES string of the molecule is N[C@H](C=C(F)CP(=O)(O)O)C(=O)O. The van der Waals surface area contributed by atoms with Gasteiger partial charge in [-0.1, -0.05) is 0 Å². The van der Waals surface area contributed by atoms with Crippen molar-refractivity contribution >= 4 is 13.6 Å². The van der Waals surface area contributed by atoms with E-state index in [4.69, 9.17) is 20.6 Å². The smallest absolute Gasteiger partial charge is 0.332 e. The minimum Gasteiger partial charge on any atom is -0.480 e. The van der Waals surface area contributed by atoms with Crippen LogP contribution in [-0.4, -0.2) is 33.1 Å². The Morgan fingerprint density at radius 1 is 1.62 bits per heavy atom. The van der Waals surface area contributed by atoms with Gasteiger partial charge < -0.3 is 20.6 Å². The summed E-state index contributed by atoms with van der Waals surface area (Å²) in [7, 11) is -4.50. The molecule has 8 heteroatoms. The highest BCUT2D eigenvalue weighted by molar-refractivity contribution is 7.52. The van der Waals surface area contributed by atoms with Crippen molar-refractivity contribution < 1.29 is 28.6 Å². The summed E-state index contributed by atoms with van der Waals surface area (Å²) in [4.78, 5) is 26.6. The van der Waals surface area contributed by atoms with Crippen LogP contribution in [0.5, 0.6) is 0 Å². The van der Waals surface area contributed by atoms with Crippen LogP contribution in [0.3, 0.4) is 0 Å². The molecule has 1 atom stereocenters. The highest BCUT2D eigenvalue weighted by Crippen LogP contribution is 2.36. The quantitative estimate of drug-likeness (QED) is 0.464. The van der Waals surface area contributed by atoms with E-state index in [1.54, 1.807) is 0 Å². The van der Waals surface area contributed by atoms with E-state index in [-0.39, 0.29) is 0 Å². The van der Waals surface area contributed by atoms with Crippen molar-refractivity contribution in [2.45, 2.75) is 6.04 Å². The summed E-state index contributed by atoms with van der Waals surface area (Å²) < 4.78 is 22.8. The molecule has 0 radical (unpaired) electrons. The topological polar surface area (TPSA) is 121 Å². The lowest BCUT2D eigenvalue weighted by atomic mass is 10.3. The standard InChI is InChI=1S/C5H9FNO5P/c6-3(2-13(10,11)12)1-4(7)5(8)9/h1,4H,2,7H2,(H,8,9)(H2,10,11,12)/t4-/m1/s1. The van der Waals surface area contributed by atoms with E-state index < -0.39 is 31.6 Å². The molecular formula is C5H9FNO5P. The van der Waals surface area contributed by atoms with Crippen LogP contribution in [0, 0.1) is 0 Å². The monoisotopic (exact) mass is 213 g/mol. The molecule has 0 aromatic heterocycles. The maximum atomic E-state index is 12.5. The van der Waals surface area contributed by atoms with Crippen molar-refractivity contribution in [2.75, 3.05) is 6.16 Å². The molecule has 0 fully saturated rings. The zero-order valence-corrected chi connectivity index (χ0v) is 7.32. The summed E-state index contributed by atoms with van der Waals surface area (Å²) >= 11 is 0. The number of rotatable bonds is 4. The first-order valence-electron chi connectivity index (χ1n) is 3.11. The molecule has 0 aliphatic rings.